The Morgan fingerprint density at radius 1 is 1.00 bits per heavy atom. The summed E-state index contributed by atoms with van der Waals surface area (Å²) in [7, 11) is 0. The molecule has 2 aliphatic heterocycles. The summed E-state index contributed by atoms with van der Waals surface area (Å²) in [5.41, 5.74) is 0.973. The smallest absolute Gasteiger partial charge is 0.418 e. The molecule has 210 valence electrons. The molecule has 0 radical (unpaired) electrons. The number of imide groups is 1. The van der Waals surface area contributed by atoms with Crippen LogP contribution in [0.2, 0.25) is 0 Å². The minimum Gasteiger partial charge on any atom is -0.489 e. The maximum absolute atomic E-state index is 14.0. The number of benzene rings is 3. The highest BCUT2D eigenvalue weighted by Crippen LogP contribution is 2.55. The molecule has 1 N–H and O–H groups in total. The molecule has 3 aromatic carbocycles. The van der Waals surface area contributed by atoms with E-state index in [1.165, 1.54) is 12.1 Å². The average molecular weight is 662 g/mol. The number of alkyl halides is 3. The van der Waals surface area contributed by atoms with Crippen LogP contribution in [0.3, 0.4) is 0 Å². The van der Waals surface area contributed by atoms with Gasteiger partial charge >= 0.3 is 11.0 Å². The van der Waals surface area contributed by atoms with Gasteiger partial charge in [-0.3, -0.25) is 14.4 Å². The fourth-order valence-corrected chi connectivity index (χ4v) is 8.12. The fraction of sp³-hybridized carbons (Fsp3) is 0.207. The van der Waals surface area contributed by atoms with Crippen molar-refractivity contribution in [3.63, 3.8) is 0 Å². The van der Waals surface area contributed by atoms with E-state index in [-0.39, 0.29) is 11.5 Å². The molecule has 1 fully saturated rings. The molecule has 2 amide bonds. The van der Waals surface area contributed by atoms with Gasteiger partial charge < -0.3 is 9.72 Å². The lowest BCUT2D eigenvalue weighted by atomic mass is 9.82. The zero-order valence-corrected chi connectivity index (χ0v) is 24.4. The maximum Gasteiger partial charge on any atom is 0.418 e. The number of halogens is 4. The van der Waals surface area contributed by atoms with E-state index in [0.717, 1.165) is 46.4 Å². The molecule has 12 heteroatoms. The van der Waals surface area contributed by atoms with Crippen LogP contribution in [0.4, 0.5) is 18.9 Å². The Balaban J connectivity index is 1.46. The topological polar surface area (TPSA) is 79.5 Å². The molecule has 1 aromatic heterocycles. The third-order valence-electron chi connectivity index (χ3n) is 7.10. The van der Waals surface area contributed by atoms with Crippen LogP contribution in [0.5, 0.6) is 5.75 Å². The number of hydrogen-bond donors (Lipinski definition) is 1. The van der Waals surface area contributed by atoms with E-state index in [0.29, 0.717) is 30.6 Å². The van der Waals surface area contributed by atoms with E-state index in [1.807, 2.05) is 31.2 Å². The lowest BCUT2D eigenvalue weighted by molar-refractivity contribution is -0.137. The Morgan fingerprint density at radius 3 is 2.46 bits per heavy atom. The van der Waals surface area contributed by atoms with E-state index < -0.39 is 46.3 Å². The predicted molar refractivity (Wildman–Crippen MR) is 154 cm³/mol. The molecule has 2 unspecified atom stereocenters. The van der Waals surface area contributed by atoms with Crippen LogP contribution in [0.1, 0.15) is 33.0 Å². The number of carbonyl (C=O) groups is 2. The number of ether oxygens (including phenoxy) is 1. The number of rotatable bonds is 5. The van der Waals surface area contributed by atoms with E-state index in [4.69, 9.17) is 4.74 Å². The molecule has 4 aromatic rings. The van der Waals surface area contributed by atoms with Gasteiger partial charge in [0.2, 0.25) is 11.8 Å². The Kier molecular flexibility index (Phi) is 7.11. The van der Waals surface area contributed by atoms with Crippen LogP contribution >= 0.6 is 39.0 Å². The van der Waals surface area contributed by atoms with Crippen molar-refractivity contribution >= 4 is 56.5 Å². The molecule has 3 atom stereocenters. The molecule has 0 saturated carbocycles. The van der Waals surface area contributed by atoms with Gasteiger partial charge in [0.15, 0.2) is 0 Å². The third kappa shape index (κ3) is 5.02. The molecular weight excluding hydrogens is 641 g/mol. The first-order chi connectivity index (χ1) is 19.5. The van der Waals surface area contributed by atoms with E-state index in [1.54, 1.807) is 18.2 Å². The number of fused-ring (bicyclic) bond motifs is 2. The normalized spacial score (nSPS) is 20.2. The summed E-state index contributed by atoms with van der Waals surface area (Å²) in [4.78, 5) is 43.7. The first-order valence-corrected chi connectivity index (χ1v) is 14.9. The number of hydrogen-bond acceptors (Lipinski definition) is 6. The maximum atomic E-state index is 14.0. The summed E-state index contributed by atoms with van der Waals surface area (Å²) in [6, 6.07) is 17.6. The van der Waals surface area contributed by atoms with Crippen molar-refractivity contribution < 1.29 is 27.5 Å². The number of aryl methyl sites for hydroxylation is 1. The summed E-state index contributed by atoms with van der Waals surface area (Å²) in [5, 5.41) is -0.627. The Bertz CT molecular complexity index is 1740. The minimum absolute atomic E-state index is 0.221. The van der Waals surface area contributed by atoms with Crippen molar-refractivity contribution in [2.24, 2.45) is 5.92 Å². The highest BCUT2D eigenvalue weighted by Gasteiger charge is 2.57. The third-order valence-corrected chi connectivity index (χ3v) is 9.99. The first-order valence-electron chi connectivity index (χ1n) is 12.4. The molecule has 3 heterocycles. The first kappa shape index (κ1) is 27.8. The number of amides is 2. The van der Waals surface area contributed by atoms with Crippen molar-refractivity contribution in [3.8, 4) is 5.75 Å². The SMILES string of the molecule is Cc1ccc(COc2ccc(Br)cc2[C@H]2c3sc(=O)[nH]c3SC3C(=O)N(c4ccccc4C(F)(F)F)C(=O)C32)cc1. The summed E-state index contributed by atoms with van der Waals surface area (Å²) >= 11 is 5.39. The average Bonchev–Trinajstić information content (AvgIpc) is 3.42. The summed E-state index contributed by atoms with van der Waals surface area (Å²) < 4.78 is 48.6. The second kappa shape index (κ2) is 10.5. The van der Waals surface area contributed by atoms with Gasteiger partial charge in [0.25, 0.3) is 0 Å². The van der Waals surface area contributed by atoms with Crippen LogP contribution in [0.15, 0.2) is 81.0 Å². The molecular formula is C29H20BrF3N2O4S2. The highest BCUT2D eigenvalue weighted by molar-refractivity contribution is 9.10. The van der Waals surface area contributed by atoms with Crippen molar-refractivity contribution in [1.82, 2.24) is 4.98 Å². The fourth-order valence-electron chi connectivity index (χ4n) is 5.24. The van der Waals surface area contributed by atoms with Gasteiger partial charge in [-0.2, -0.15) is 13.2 Å². The quantitative estimate of drug-likeness (QED) is 0.236. The van der Waals surface area contributed by atoms with Gasteiger partial charge in [0.05, 0.1) is 22.2 Å². The summed E-state index contributed by atoms with van der Waals surface area (Å²) in [6.07, 6.45) is -4.78. The van der Waals surface area contributed by atoms with Crippen LogP contribution < -0.4 is 14.5 Å². The predicted octanol–water partition coefficient (Wildman–Crippen LogP) is 6.90. The zero-order chi connectivity index (χ0) is 29.1. The number of para-hydroxylation sites is 1. The molecule has 0 aliphatic carbocycles. The van der Waals surface area contributed by atoms with Gasteiger partial charge in [-0.1, -0.05) is 81.0 Å². The summed E-state index contributed by atoms with van der Waals surface area (Å²) in [6.45, 7) is 2.20. The standard InChI is InChI=1S/C29H20BrF3N2O4S2/c1-14-6-8-15(9-7-14)13-39-20-11-10-16(30)12-17(20)21-22-24(40-25-23(21)41-28(38)34-25)27(37)35(26(22)36)19-5-3-2-4-18(19)29(31,32)33/h2-12,21-22,24H,13H2,1H3,(H,34,38)/t21-,22?,24?/m1/s1. The Morgan fingerprint density at radius 2 is 1.73 bits per heavy atom. The molecule has 2 aliphatic rings. The largest absolute Gasteiger partial charge is 0.489 e. The van der Waals surface area contributed by atoms with Gasteiger partial charge in [-0.25, -0.2) is 4.90 Å². The van der Waals surface area contributed by atoms with Gasteiger partial charge in [-0.05, 0) is 42.8 Å². The second-order valence-electron chi connectivity index (χ2n) is 9.73. The number of H-pyrrole nitrogens is 1. The number of aromatic nitrogens is 1. The van der Waals surface area contributed by atoms with Crippen LogP contribution in [0.25, 0.3) is 0 Å². The van der Waals surface area contributed by atoms with Crippen LogP contribution in [0, 0.1) is 12.8 Å². The number of anilines is 1. The van der Waals surface area contributed by atoms with E-state index in [2.05, 4.69) is 20.9 Å². The lowest BCUT2D eigenvalue weighted by Gasteiger charge is -2.31. The monoisotopic (exact) mass is 660 g/mol. The van der Waals surface area contributed by atoms with Crippen molar-refractivity contribution in [1.29, 1.82) is 0 Å². The molecule has 41 heavy (non-hydrogen) atoms. The van der Waals surface area contributed by atoms with Crippen LogP contribution in [-0.4, -0.2) is 22.0 Å². The molecule has 1 saturated heterocycles. The molecule has 0 bridgehead atoms. The number of carbonyl (C=O) groups excluding carboxylic acids is 2. The number of nitrogens with zero attached hydrogens (tertiary/aromatic N) is 1. The van der Waals surface area contributed by atoms with Gasteiger partial charge in [0, 0.05) is 20.8 Å². The lowest BCUT2D eigenvalue weighted by Crippen LogP contribution is -2.33. The van der Waals surface area contributed by atoms with Gasteiger partial charge in [-0.15, -0.1) is 0 Å². The Hall–Kier alpha value is -3.35. The van der Waals surface area contributed by atoms with Crippen molar-refractivity contribution in [3.05, 3.63) is 108 Å². The number of thioether (sulfide) groups is 1. The molecule has 0 spiro atoms. The second-order valence-corrected chi connectivity index (χ2v) is 12.8. The van der Waals surface area contributed by atoms with Crippen molar-refractivity contribution in [2.45, 2.75) is 35.9 Å². The van der Waals surface area contributed by atoms with Gasteiger partial charge in [0.1, 0.15) is 17.6 Å². The molecule has 6 nitrogen and oxygen atoms in total. The van der Waals surface area contributed by atoms with Crippen molar-refractivity contribution in [2.75, 3.05) is 4.90 Å². The number of nitrogens with one attached hydrogen (secondary N) is 1. The summed E-state index contributed by atoms with van der Waals surface area (Å²) in [5.74, 6) is -2.97. The number of aromatic amines is 1. The highest BCUT2D eigenvalue weighted by atomic mass is 79.9. The molecule has 6 rings (SSSR count). The van der Waals surface area contributed by atoms with Crippen LogP contribution in [-0.2, 0) is 22.4 Å². The zero-order valence-electron chi connectivity index (χ0n) is 21.2. The van der Waals surface area contributed by atoms with E-state index in [9.17, 15) is 27.6 Å². The van der Waals surface area contributed by atoms with E-state index >= 15 is 0 Å². The number of thiazole rings is 1. The minimum atomic E-state index is -4.78. The Labute approximate surface area is 248 Å².